The van der Waals surface area contributed by atoms with Crippen LogP contribution in [0.15, 0.2) is 82.5 Å². The predicted octanol–water partition coefficient (Wildman–Crippen LogP) is 4.39. The molecule has 33 heavy (non-hydrogen) atoms. The molecule has 0 saturated heterocycles. The van der Waals surface area contributed by atoms with Crippen LogP contribution in [-0.2, 0) is 16.1 Å². The zero-order chi connectivity index (χ0) is 23.4. The van der Waals surface area contributed by atoms with Gasteiger partial charge >= 0.3 is 0 Å². The van der Waals surface area contributed by atoms with Crippen molar-refractivity contribution < 1.29 is 28.6 Å². The average Bonchev–Trinajstić information content (AvgIpc) is 3.38. The summed E-state index contributed by atoms with van der Waals surface area (Å²) in [5, 5.41) is 10.7. The lowest BCUT2D eigenvalue weighted by Crippen LogP contribution is -2.34. The van der Waals surface area contributed by atoms with Gasteiger partial charge in [-0.05, 0) is 42.3 Å². The Morgan fingerprint density at radius 1 is 1.09 bits per heavy atom. The molecule has 4 rings (SSSR count). The summed E-state index contributed by atoms with van der Waals surface area (Å²) >= 11 is 0. The molecule has 1 aliphatic heterocycles. The third kappa shape index (κ3) is 4.68. The third-order valence-corrected chi connectivity index (χ3v) is 5.47. The number of aryl methyl sites for hydroxylation is 1. The number of Topliss-reactive ketones (excluding diaryl/α,β-unsaturated/α-hetero) is 1. The Balaban J connectivity index is 1.68. The predicted molar refractivity (Wildman–Crippen MR) is 121 cm³/mol. The van der Waals surface area contributed by atoms with Gasteiger partial charge in [-0.1, -0.05) is 42.5 Å². The Labute approximate surface area is 191 Å². The molecule has 1 aliphatic rings. The molecule has 2 heterocycles. The fourth-order valence-corrected chi connectivity index (χ4v) is 3.86. The van der Waals surface area contributed by atoms with E-state index in [-0.39, 0.29) is 24.5 Å². The number of carbonyl (C=O) groups excluding carboxylic acids is 2. The van der Waals surface area contributed by atoms with E-state index in [0.717, 1.165) is 5.56 Å². The minimum Gasteiger partial charge on any atom is -0.503 e. The Morgan fingerprint density at radius 3 is 2.58 bits per heavy atom. The second-order valence-corrected chi connectivity index (χ2v) is 7.74. The van der Waals surface area contributed by atoms with E-state index in [1.165, 1.54) is 18.1 Å². The summed E-state index contributed by atoms with van der Waals surface area (Å²) in [6, 6.07) is 19.3. The normalized spacial score (nSPS) is 15.9. The van der Waals surface area contributed by atoms with Crippen LogP contribution in [0.1, 0.15) is 33.5 Å². The van der Waals surface area contributed by atoms with Gasteiger partial charge in [0.25, 0.3) is 5.91 Å². The molecule has 1 atom stereocenters. The molecule has 0 spiro atoms. The number of furan rings is 1. The van der Waals surface area contributed by atoms with Crippen molar-refractivity contribution in [3.63, 3.8) is 0 Å². The van der Waals surface area contributed by atoms with Gasteiger partial charge in [0, 0.05) is 13.7 Å². The van der Waals surface area contributed by atoms with Crippen molar-refractivity contribution in [1.82, 2.24) is 4.90 Å². The van der Waals surface area contributed by atoms with Crippen molar-refractivity contribution in [2.45, 2.75) is 19.6 Å². The maximum Gasteiger partial charge on any atom is 0.290 e. The summed E-state index contributed by atoms with van der Waals surface area (Å²) < 4.78 is 16.6. The number of hydrogen-bond acceptors (Lipinski definition) is 6. The first-order valence-corrected chi connectivity index (χ1v) is 10.6. The summed E-state index contributed by atoms with van der Waals surface area (Å²) in [6.07, 6.45) is 0. The number of ether oxygens (including phenoxy) is 2. The Hall–Kier alpha value is -3.84. The molecule has 0 aliphatic carbocycles. The molecule has 1 amide bonds. The first-order valence-electron chi connectivity index (χ1n) is 10.6. The van der Waals surface area contributed by atoms with E-state index in [1.54, 1.807) is 31.2 Å². The quantitative estimate of drug-likeness (QED) is 0.490. The lowest BCUT2D eigenvalue weighted by atomic mass is 9.95. The molecule has 0 bridgehead atoms. The minimum absolute atomic E-state index is 0.0225. The van der Waals surface area contributed by atoms with E-state index in [4.69, 9.17) is 13.9 Å². The number of amides is 1. The van der Waals surface area contributed by atoms with Crippen LogP contribution in [0.4, 0.5) is 0 Å². The SMILES string of the molecule is COCCN1C(=O)C(O)=C(C(=O)c2ccc(C)o2)C1c1cccc(OCc2ccccc2)c1. The van der Waals surface area contributed by atoms with Crippen LogP contribution >= 0.6 is 0 Å². The maximum atomic E-state index is 13.3. The van der Waals surface area contributed by atoms with Crippen LogP contribution in [0, 0.1) is 6.92 Å². The van der Waals surface area contributed by atoms with E-state index >= 15 is 0 Å². The van der Waals surface area contributed by atoms with E-state index < -0.39 is 23.5 Å². The van der Waals surface area contributed by atoms with Crippen molar-refractivity contribution in [3.05, 3.63) is 101 Å². The fourth-order valence-electron chi connectivity index (χ4n) is 3.86. The average molecular weight is 447 g/mol. The number of aliphatic hydroxyl groups is 1. The van der Waals surface area contributed by atoms with E-state index in [2.05, 4.69) is 0 Å². The summed E-state index contributed by atoms with van der Waals surface area (Å²) in [7, 11) is 1.53. The number of benzene rings is 2. The van der Waals surface area contributed by atoms with Crippen LogP contribution in [0.2, 0.25) is 0 Å². The molecule has 7 heteroatoms. The second kappa shape index (κ2) is 9.75. The number of hydrogen-bond donors (Lipinski definition) is 1. The lowest BCUT2D eigenvalue weighted by Gasteiger charge is -2.26. The largest absolute Gasteiger partial charge is 0.503 e. The maximum absolute atomic E-state index is 13.3. The molecule has 2 aromatic carbocycles. The number of rotatable bonds is 9. The van der Waals surface area contributed by atoms with Gasteiger partial charge in [-0.25, -0.2) is 0 Å². The highest BCUT2D eigenvalue weighted by Gasteiger charge is 2.44. The van der Waals surface area contributed by atoms with Gasteiger partial charge in [0.2, 0.25) is 5.78 Å². The molecule has 1 unspecified atom stereocenters. The first-order chi connectivity index (χ1) is 16.0. The third-order valence-electron chi connectivity index (χ3n) is 5.47. The number of methoxy groups -OCH3 is 1. The Kier molecular flexibility index (Phi) is 6.60. The van der Waals surface area contributed by atoms with Gasteiger partial charge in [0.05, 0.1) is 18.2 Å². The molecular weight excluding hydrogens is 422 g/mol. The zero-order valence-electron chi connectivity index (χ0n) is 18.5. The highest BCUT2D eigenvalue weighted by Crippen LogP contribution is 2.40. The van der Waals surface area contributed by atoms with E-state index in [9.17, 15) is 14.7 Å². The molecule has 0 radical (unpaired) electrons. The molecule has 0 saturated carbocycles. The van der Waals surface area contributed by atoms with Crippen molar-refractivity contribution in [3.8, 4) is 5.75 Å². The van der Waals surface area contributed by atoms with Crippen LogP contribution in [0.5, 0.6) is 5.75 Å². The first kappa shape index (κ1) is 22.4. The Bertz CT molecular complexity index is 1180. The van der Waals surface area contributed by atoms with Gasteiger partial charge in [-0.15, -0.1) is 0 Å². The van der Waals surface area contributed by atoms with Crippen LogP contribution in [0.25, 0.3) is 0 Å². The summed E-state index contributed by atoms with van der Waals surface area (Å²) in [5.41, 5.74) is 1.63. The summed E-state index contributed by atoms with van der Waals surface area (Å²) in [6.45, 7) is 2.55. The molecule has 0 fully saturated rings. The highest BCUT2D eigenvalue weighted by atomic mass is 16.5. The smallest absolute Gasteiger partial charge is 0.290 e. The zero-order valence-corrected chi connectivity index (χ0v) is 18.5. The van der Waals surface area contributed by atoms with E-state index in [1.807, 2.05) is 36.4 Å². The fraction of sp³-hybridized carbons (Fsp3) is 0.231. The lowest BCUT2D eigenvalue weighted by molar-refractivity contribution is -0.130. The van der Waals surface area contributed by atoms with Gasteiger partial charge in [0.15, 0.2) is 11.5 Å². The molecule has 7 nitrogen and oxygen atoms in total. The number of ketones is 1. The molecule has 1 N–H and O–H groups in total. The minimum atomic E-state index is -0.800. The Morgan fingerprint density at radius 2 is 1.88 bits per heavy atom. The van der Waals surface area contributed by atoms with Crippen LogP contribution in [-0.4, -0.2) is 42.0 Å². The van der Waals surface area contributed by atoms with Crippen molar-refractivity contribution in [2.75, 3.05) is 20.3 Å². The number of carbonyl (C=O) groups is 2. The van der Waals surface area contributed by atoms with Gasteiger partial charge in [0.1, 0.15) is 18.1 Å². The molecule has 170 valence electrons. The van der Waals surface area contributed by atoms with E-state index in [0.29, 0.717) is 23.7 Å². The molecule has 1 aromatic heterocycles. The van der Waals surface area contributed by atoms with Crippen molar-refractivity contribution >= 4 is 11.7 Å². The van der Waals surface area contributed by atoms with Crippen LogP contribution in [0.3, 0.4) is 0 Å². The van der Waals surface area contributed by atoms with Crippen molar-refractivity contribution in [2.24, 2.45) is 0 Å². The number of nitrogens with zero attached hydrogens (tertiary/aromatic N) is 1. The van der Waals surface area contributed by atoms with Crippen molar-refractivity contribution in [1.29, 1.82) is 0 Å². The summed E-state index contributed by atoms with van der Waals surface area (Å²) in [5.74, 6) is -0.522. The standard InChI is InChI=1S/C26H25NO6/c1-17-11-12-21(33-17)24(28)22-23(27(13-14-31-2)26(30)25(22)29)19-9-6-10-20(15-19)32-16-18-7-4-3-5-8-18/h3-12,15,23,29H,13-14,16H2,1-2H3. The monoisotopic (exact) mass is 447 g/mol. The van der Waals surface area contributed by atoms with Crippen LogP contribution < -0.4 is 4.74 Å². The highest BCUT2D eigenvalue weighted by molar-refractivity contribution is 6.15. The second-order valence-electron chi connectivity index (χ2n) is 7.74. The molecular formula is C26H25NO6. The van der Waals surface area contributed by atoms with Gasteiger partial charge < -0.3 is 23.9 Å². The topological polar surface area (TPSA) is 89.2 Å². The molecule has 3 aromatic rings. The van der Waals surface area contributed by atoms with Gasteiger partial charge in [-0.3, -0.25) is 9.59 Å². The number of aliphatic hydroxyl groups excluding tert-OH is 1. The summed E-state index contributed by atoms with van der Waals surface area (Å²) in [4.78, 5) is 27.6. The van der Waals surface area contributed by atoms with Gasteiger partial charge in [-0.2, -0.15) is 0 Å².